The van der Waals surface area contributed by atoms with Gasteiger partial charge in [-0.1, -0.05) is 47.5 Å². The summed E-state index contributed by atoms with van der Waals surface area (Å²) in [6.07, 6.45) is 0.581. The van der Waals surface area contributed by atoms with Gasteiger partial charge in [-0.05, 0) is 25.5 Å². The molecule has 0 amide bonds. The second-order valence-corrected chi connectivity index (χ2v) is 7.27. The van der Waals surface area contributed by atoms with Crippen LogP contribution in [0.3, 0.4) is 0 Å². The Balaban J connectivity index is 1.63. The van der Waals surface area contributed by atoms with Crippen molar-refractivity contribution in [2.45, 2.75) is 26.4 Å². The Morgan fingerprint density at radius 1 is 1.22 bits per heavy atom. The number of rotatable bonds is 3. The van der Waals surface area contributed by atoms with E-state index in [0.29, 0.717) is 48.0 Å². The number of nitrogens with one attached hydrogen (secondary N) is 1. The third kappa shape index (κ3) is 3.66. The largest absolute Gasteiger partial charge is 0.306 e. The number of nitrogens with zero attached hydrogens (tertiary/aromatic N) is 2. The highest BCUT2D eigenvalue weighted by Gasteiger charge is 2.23. The molecule has 0 saturated heterocycles. The highest BCUT2D eigenvalue weighted by atomic mass is 35.5. The molecule has 4 rings (SSSR count). The maximum Gasteiger partial charge on any atom is 0.254 e. The molecule has 2 aromatic carbocycles. The molecule has 0 saturated carbocycles. The maximum atomic E-state index is 14.1. The molecule has 0 radical (unpaired) electrons. The number of hydrogen-bond acceptors (Lipinski definition) is 3. The van der Waals surface area contributed by atoms with E-state index in [0.717, 1.165) is 16.8 Å². The fourth-order valence-corrected chi connectivity index (χ4v) is 3.61. The SMILES string of the molecule is Cc1ccc(-c2nc3c(c(=O)[nH]2)CCN(Cc2c(F)cccc2Cl)C3)cc1. The molecule has 0 aliphatic carbocycles. The van der Waals surface area contributed by atoms with E-state index in [2.05, 4.69) is 14.9 Å². The van der Waals surface area contributed by atoms with E-state index in [4.69, 9.17) is 11.6 Å². The molecule has 0 bridgehead atoms. The normalized spacial score (nSPS) is 14.2. The molecule has 3 aromatic rings. The summed E-state index contributed by atoms with van der Waals surface area (Å²) >= 11 is 6.15. The number of aromatic nitrogens is 2. The van der Waals surface area contributed by atoms with Crippen LogP contribution in [0.2, 0.25) is 5.02 Å². The first-order chi connectivity index (χ1) is 13.0. The molecule has 6 heteroatoms. The van der Waals surface area contributed by atoms with E-state index in [1.165, 1.54) is 6.07 Å². The number of H-pyrrole nitrogens is 1. The van der Waals surface area contributed by atoms with Gasteiger partial charge in [-0.25, -0.2) is 9.37 Å². The molecule has 1 aliphatic rings. The zero-order chi connectivity index (χ0) is 19.0. The third-order valence-electron chi connectivity index (χ3n) is 4.92. The van der Waals surface area contributed by atoms with Gasteiger partial charge in [0.25, 0.3) is 5.56 Å². The van der Waals surface area contributed by atoms with Crippen LogP contribution in [0.15, 0.2) is 47.3 Å². The molecule has 1 aliphatic heterocycles. The highest BCUT2D eigenvalue weighted by Crippen LogP contribution is 2.24. The quantitative estimate of drug-likeness (QED) is 0.740. The summed E-state index contributed by atoms with van der Waals surface area (Å²) < 4.78 is 14.1. The van der Waals surface area contributed by atoms with Gasteiger partial charge < -0.3 is 4.98 Å². The number of aryl methyl sites for hydroxylation is 1. The number of fused-ring (bicyclic) bond motifs is 1. The second kappa shape index (κ2) is 7.25. The summed E-state index contributed by atoms with van der Waals surface area (Å²) in [4.78, 5) is 22.1. The van der Waals surface area contributed by atoms with Crippen molar-refractivity contribution in [1.82, 2.24) is 14.9 Å². The van der Waals surface area contributed by atoms with Gasteiger partial charge in [-0.2, -0.15) is 0 Å². The molecule has 0 unspecified atom stereocenters. The Morgan fingerprint density at radius 3 is 2.74 bits per heavy atom. The Hall–Kier alpha value is -2.50. The monoisotopic (exact) mass is 383 g/mol. The highest BCUT2D eigenvalue weighted by molar-refractivity contribution is 6.31. The van der Waals surface area contributed by atoms with Gasteiger partial charge >= 0.3 is 0 Å². The van der Waals surface area contributed by atoms with Crippen molar-refractivity contribution < 1.29 is 4.39 Å². The molecule has 27 heavy (non-hydrogen) atoms. The zero-order valence-corrected chi connectivity index (χ0v) is 15.7. The van der Waals surface area contributed by atoms with E-state index < -0.39 is 0 Å². The minimum Gasteiger partial charge on any atom is -0.306 e. The smallest absolute Gasteiger partial charge is 0.254 e. The van der Waals surface area contributed by atoms with Gasteiger partial charge in [-0.3, -0.25) is 9.69 Å². The Kier molecular flexibility index (Phi) is 4.81. The lowest BCUT2D eigenvalue weighted by atomic mass is 10.0. The summed E-state index contributed by atoms with van der Waals surface area (Å²) in [5.41, 5.74) is 3.85. The number of aromatic amines is 1. The minimum absolute atomic E-state index is 0.0980. The zero-order valence-electron chi connectivity index (χ0n) is 14.9. The van der Waals surface area contributed by atoms with Gasteiger partial charge in [-0.15, -0.1) is 0 Å². The summed E-state index contributed by atoms with van der Waals surface area (Å²) in [6, 6.07) is 12.6. The van der Waals surface area contributed by atoms with Crippen molar-refractivity contribution in [1.29, 1.82) is 0 Å². The van der Waals surface area contributed by atoms with E-state index >= 15 is 0 Å². The molecule has 1 aromatic heterocycles. The predicted molar refractivity (Wildman–Crippen MR) is 104 cm³/mol. The van der Waals surface area contributed by atoms with Crippen LogP contribution in [-0.4, -0.2) is 21.4 Å². The van der Waals surface area contributed by atoms with Crippen LogP contribution in [0, 0.1) is 12.7 Å². The molecular formula is C21H19ClFN3O. The van der Waals surface area contributed by atoms with Crippen molar-refractivity contribution in [2.75, 3.05) is 6.54 Å². The summed E-state index contributed by atoms with van der Waals surface area (Å²) in [6.45, 7) is 3.55. The molecule has 4 nitrogen and oxygen atoms in total. The molecular weight excluding hydrogens is 365 g/mol. The average Bonchev–Trinajstić information content (AvgIpc) is 2.65. The van der Waals surface area contributed by atoms with Crippen molar-refractivity contribution in [2.24, 2.45) is 0 Å². The van der Waals surface area contributed by atoms with E-state index in [1.54, 1.807) is 12.1 Å². The van der Waals surface area contributed by atoms with Crippen LogP contribution >= 0.6 is 11.6 Å². The number of hydrogen-bond donors (Lipinski definition) is 1. The van der Waals surface area contributed by atoms with Crippen LogP contribution in [0.25, 0.3) is 11.4 Å². The molecule has 0 atom stereocenters. The van der Waals surface area contributed by atoms with Crippen LogP contribution in [0.1, 0.15) is 22.4 Å². The summed E-state index contributed by atoms with van der Waals surface area (Å²) in [5, 5.41) is 0.417. The average molecular weight is 384 g/mol. The van der Waals surface area contributed by atoms with Crippen LogP contribution in [-0.2, 0) is 19.5 Å². The molecule has 0 spiro atoms. The van der Waals surface area contributed by atoms with Gasteiger partial charge in [0.05, 0.1) is 5.69 Å². The van der Waals surface area contributed by atoms with Gasteiger partial charge in [0.2, 0.25) is 0 Å². The van der Waals surface area contributed by atoms with Crippen molar-refractivity contribution in [3.8, 4) is 11.4 Å². The number of benzene rings is 2. The molecule has 0 fully saturated rings. The lowest BCUT2D eigenvalue weighted by molar-refractivity contribution is 0.237. The van der Waals surface area contributed by atoms with Crippen molar-refractivity contribution in [3.63, 3.8) is 0 Å². The van der Waals surface area contributed by atoms with Crippen LogP contribution in [0.4, 0.5) is 4.39 Å². The van der Waals surface area contributed by atoms with Gasteiger partial charge in [0, 0.05) is 41.3 Å². The molecule has 138 valence electrons. The molecule has 2 heterocycles. The lowest BCUT2D eigenvalue weighted by Crippen LogP contribution is -2.35. The fourth-order valence-electron chi connectivity index (χ4n) is 3.38. The van der Waals surface area contributed by atoms with E-state index in [9.17, 15) is 9.18 Å². The third-order valence-corrected chi connectivity index (χ3v) is 5.28. The Morgan fingerprint density at radius 2 is 2.00 bits per heavy atom. The fraction of sp³-hybridized carbons (Fsp3) is 0.238. The van der Waals surface area contributed by atoms with Gasteiger partial charge in [0.15, 0.2) is 0 Å². The minimum atomic E-state index is -0.312. The van der Waals surface area contributed by atoms with Crippen LogP contribution in [0.5, 0.6) is 0 Å². The van der Waals surface area contributed by atoms with Crippen LogP contribution < -0.4 is 5.56 Å². The Labute approximate surface area is 161 Å². The van der Waals surface area contributed by atoms with Crippen molar-refractivity contribution >= 4 is 11.6 Å². The second-order valence-electron chi connectivity index (χ2n) is 6.87. The lowest BCUT2D eigenvalue weighted by Gasteiger charge is -2.28. The standard InChI is InChI=1S/C21H19ClFN3O/c1-13-5-7-14(8-6-13)20-24-19-12-26(10-9-15(19)21(27)25-20)11-16-17(22)3-2-4-18(16)23/h2-8H,9-12H2,1H3,(H,24,25,27). The van der Waals surface area contributed by atoms with Gasteiger partial charge in [0.1, 0.15) is 11.6 Å². The van der Waals surface area contributed by atoms with E-state index in [1.807, 2.05) is 31.2 Å². The maximum absolute atomic E-state index is 14.1. The molecule has 1 N–H and O–H groups in total. The summed E-state index contributed by atoms with van der Waals surface area (Å²) in [7, 11) is 0. The Bertz CT molecular complexity index is 1030. The van der Waals surface area contributed by atoms with Crippen molar-refractivity contribution in [3.05, 3.63) is 86.0 Å². The first-order valence-electron chi connectivity index (χ1n) is 8.85. The number of halogens is 2. The predicted octanol–water partition coefficient (Wildman–Crippen LogP) is 4.10. The summed E-state index contributed by atoms with van der Waals surface area (Å²) in [5.74, 6) is 0.247. The first-order valence-corrected chi connectivity index (χ1v) is 9.23. The first kappa shape index (κ1) is 17.9. The van der Waals surface area contributed by atoms with E-state index in [-0.39, 0.29) is 11.4 Å². The topological polar surface area (TPSA) is 49.0 Å².